The van der Waals surface area contributed by atoms with Gasteiger partial charge in [0.15, 0.2) is 0 Å². The van der Waals surface area contributed by atoms with Crippen LogP contribution in [0.5, 0.6) is 0 Å². The third kappa shape index (κ3) is 5.34. The third-order valence-electron chi connectivity index (χ3n) is 5.53. The normalized spacial score (nSPS) is 15.7. The minimum Gasteiger partial charge on any atom is -0.290 e. The Balaban J connectivity index is 1.43. The minimum absolute atomic E-state index is 0.0427. The summed E-state index contributed by atoms with van der Waals surface area (Å²) in [5, 5.41) is 4.19. The number of nitrogens with one attached hydrogen (secondary N) is 1. The smallest absolute Gasteiger partial charge is 0.211 e. The molecule has 1 aliphatic rings. The van der Waals surface area contributed by atoms with Crippen LogP contribution < -0.4 is 4.72 Å². The van der Waals surface area contributed by atoms with Gasteiger partial charge in [0.05, 0.1) is 5.75 Å². The number of thiophene rings is 1. The number of aryl methyl sites for hydroxylation is 1. The van der Waals surface area contributed by atoms with E-state index in [4.69, 9.17) is 0 Å². The van der Waals surface area contributed by atoms with Crippen LogP contribution >= 0.6 is 11.3 Å². The van der Waals surface area contributed by atoms with Gasteiger partial charge in [-0.15, -0.1) is 0 Å². The zero-order valence-electron chi connectivity index (χ0n) is 16.3. The van der Waals surface area contributed by atoms with Crippen LogP contribution in [0, 0.1) is 0 Å². The fourth-order valence-corrected chi connectivity index (χ4v) is 5.65. The van der Waals surface area contributed by atoms with E-state index in [9.17, 15) is 8.42 Å². The molecule has 0 fully saturated rings. The highest BCUT2D eigenvalue weighted by Crippen LogP contribution is 2.29. The molecule has 0 saturated carbocycles. The van der Waals surface area contributed by atoms with Gasteiger partial charge in [-0.25, -0.2) is 13.1 Å². The molecule has 0 saturated heterocycles. The fraction of sp³-hybridized carbons (Fsp3) is 0.304. The molecule has 3 aromatic rings. The minimum atomic E-state index is -3.34. The van der Waals surface area contributed by atoms with Gasteiger partial charge < -0.3 is 0 Å². The Bertz CT molecular complexity index is 1020. The van der Waals surface area contributed by atoms with Crippen LogP contribution in [0.2, 0.25) is 0 Å². The third-order valence-corrected chi connectivity index (χ3v) is 7.58. The van der Waals surface area contributed by atoms with Crippen molar-refractivity contribution in [2.45, 2.75) is 25.4 Å². The molecule has 0 aliphatic carbocycles. The van der Waals surface area contributed by atoms with Gasteiger partial charge in [-0.3, -0.25) is 4.90 Å². The van der Waals surface area contributed by atoms with Gasteiger partial charge in [0.25, 0.3) is 0 Å². The zero-order valence-corrected chi connectivity index (χ0v) is 18.0. The van der Waals surface area contributed by atoms with Crippen molar-refractivity contribution in [3.05, 3.63) is 93.7 Å². The van der Waals surface area contributed by atoms with Gasteiger partial charge in [-0.05, 0) is 51.9 Å². The molecular formula is C23H26N2O2S2. The quantitative estimate of drug-likeness (QED) is 0.592. The number of nitrogens with zero attached hydrogens (tertiary/aromatic N) is 1. The first kappa shape index (κ1) is 20.3. The maximum Gasteiger partial charge on any atom is 0.211 e. The van der Waals surface area contributed by atoms with Crippen molar-refractivity contribution in [3.63, 3.8) is 0 Å². The van der Waals surface area contributed by atoms with Crippen LogP contribution in [0.4, 0.5) is 0 Å². The van der Waals surface area contributed by atoms with Crippen LogP contribution in [0.15, 0.2) is 71.4 Å². The average Bonchev–Trinajstić information content (AvgIpc) is 3.28. The van der Waals surface area contributed by atoms with Crippen molar-refractivity contribution in [1.82, 2.24) is 9.62 Å². The van der Waals surface area contributed by atoms with Gasteiger partial charge in [-0.1, -0.05) is 54.6 Å². The molecule has 0 radical (unpaired) electrons. The maximum atomic E-state index is 12.6. The fourth-order valence-electron chi connectivity index (χ4n) is 3.88. The maximum absolute atomic E-state index is 12.6. The molecule has 2 aromatic carbocycles. The molecular weight excluding hydrogens is 400 g/mol. The summed E-state index contributed by atoms with van der Waals surface area (Å²) >= 11 is 1.65. The summed E-state index contributed by atoms with van der Waals surface area (Å²) in [4.78, 5) is 2.39. The molecule has 6 heteroatoms. The summed E-state index contributed by atoms with van der Waals surface area (Å²) in [6, 6.07) is 20.4. The van der Waals surface area contributed by atoms with E-state index < -0.39 is 10.0 Å². The molecule has 0 amide bonds. The second-order valence-corrected chi connectivity index (χ2v) is 10.2. The van der Waals surface area contributed by atoms with Gasteiger partial charge in [0, 0.05) is 25.7 Å². The standard InChI is InChI=1S/C23H26N2O2S2/c26-29(27,15-12-19-6-2-1-3-7-19)24-16-23(22-11-14-28-18-22)25-13-10-20-8-4-5-9-21(20)17-25/h1-9,11,14,18,23-24H,10,12-13,15-17H2. The molecule has 4 rings (SSSR count). The van der Waals surface area contributed by atoms with Crippen LogP contribution in [-0.4, -0.2) is 32.2 Å². The van der Waals surface area contributed by atoms with E-state index in [2.05, 4.69) is 50.7 Å². The van der Waals surface area contributed by atoms with E-state index in [1.807, 2.05) is 30.3 Å². The van der Waals surface area contributed by atoms with E-state index in [1.54, 1.807) is 11.3 Å². The largest absolute Gasteiger partial charge is 0.290 e. The Morgan fingerprint density at radius 3 is 2.52 bits per heavy atom. The number of hydrogen-bond acceptors (Lipinski definition) is 4. The Hall–Kier alpha value is -1.99. The van der Waals surface area contributed by atoms with Crippen LogP contribution in [0.1, 0.15) is 28.3 Å². The van der Waals surface area contributed by atoms with E-state index >= 15 is 0 Å². The topological polar surface area (TPSA) is 49.4 Å². The summed E-state index contributed by atoms with van der Waals surface area (Å²) in [5.74, 6) is 0.107. The molecule has 2 heterocycles. The highest BCUT2D eigenvalue weighted by atomic mass is 32.2. The first-order valence-corrected chi connectivity index (χ1v) is 12.5. The summed E-state index contributed by atoms with van der Waals surface area (Å²) in [6.07, 6.45) is 1.52. The molecule has 1 aliphatic heterocycles. The van der Waals surface area contributed by atoms with Crippen molar-refractivity contribution in [2.24, 2.45) is 0 Å². The zero-order chi connectivity index (χ0) is 20.1. The number of benzene rings is 2. The van der Waals surface area contributed by atoms with Crippen molar-refractivity contribution >= 4 is 21.4 Å². The first-order valence-electron chi connectivity index (χ1n) is 9.95. The van der Waals surface area contributed by atoms with E-state index in [-0.39, 0.29) is 11.8 Å². The van der Waals surface area contributed by atoms with Crippen LogP contribution in [0.3, 0.4) is 0 Å². The summed E-state index contributed by atoms with van der Waals surface area (Å²) < 4.78 is 28.1. The molecule has 152 valence electrons. The van der Waals surface area contributed by atoms with Crippen molar-refractivity contribution in [2.75, 3.05) is 18.8 Å². The Morgan fingerprint density at radius 2 is 1.76 bits per heavy atom. The highest BCUT2D eigenvalue weighted by molar-refractivity contribution is 7.89. The Kier molecular flexibility index (Phi) is 6.45. The predicted octanol–water partition coefficient (Wildman–Crippen LogP) is 4.01. The monoisotopic (exact) mass is 426 g/mol. The molecule has 0 spiro atoms. The number of hydrogen-bond donors (Lipinski definition) is 1. The highest BCUT2D eigenvalue weighted by Gasteiger charge is 2.26. The summed E-state index contributed by atoms with van der Waals surface area (Å²) in [6.45, 7) is 2.18. The van der Waals surface area contributed by atoms with Crippen molar-refractivity contribution in [3.8, 4) is 0 Å². The molecule has 29 heavy (non-hydrogen) atoms. The molecule has 1 unspecified atom stereocenters. The van der Waals surface area contributed by atoms with Gasteiger partial charge >= 0.3 is 0 Å². The second kappa shape index (κ2) is 9.22. The number of fused-ring (bicyclic) bond motifs is 1. The van der Waals surface area contributed by atoms with Crippen LogP contribution in [0.25, 0.3) is 0 Å². The number of sulfonamides is 1. The van der Waals surface area contributed by atoms with Gasteiger partial charge in [0.2, 0.25) is 10.0 Å². The van der Waals surface area contributed by atoms with Crippen LogP contribution in [-0.2, 0) is 29.4 Å². The average molecular weight is 427 g/mol. The van der Waals surface area contributed by atoms with E-state index in [0.29, 0.717) is 13.0 Å². The lowest BCUT2D eigenvalue weighted by atomic mass is 9.97. The van der Waals surface area contributed by atoms with Crippen molar-refractivity contribution in [1.29, 1.82) is 0 Å². The van der Waals surface area contributed by atoms with Gasteiger partial charge in [-0.2, -0.15) is 11.3 Å². The lowest BCUT2D eigenvalue weighted by Gasteiger charge is -2.35. The second-order valence-electron chi connectivity index (χ2n) is 7.46. The summed E-state index contributed by atoms with van der Waals surface area (Å²) in [5.41, 5.74) is 4.96. The molecule has 4 nitrogen and oxygen atoms in total. The Labute approximate surface area is 177 Å². The van der Waals surface area contributed by atoms with E-state index in [0.717, 1.165) is 25.1 Å². The first-order chi connectivity index (χ1) is 14.1. The van der Waals surface area contributed by atoms with Crippen molar-refractivity contribution < 1.29 is 8.42 Å². The van der Waals surface area contributed by atoms with E-state index in [1.165, 1.54) is 16.7 Å². The number of rotatable bonds is 8. The lowest BCUT2D eigenvalue weighted by Crippen LogP contribution is -2.41. The molecule has 1 aromatic heterocycles. The van der Waals surface area contributed by atoms with Gasteiger partial charge in [0.1, 0.15) is 0 Å². The lowest BCUT2D eigenvalue weighted by molar-refractivity contribution is 0.181. The SMILES string of the molecule is O=S(=O)(CCc1ccccc1)NCC(c1ccsc1)N1CCc2ccccc2C1. The molecule has 1 N–H and O–H groups in total. The summed E-state index contributed by atoms with van der Waals surface area (Å²) in [7, 11) is -3.34. The molecule has 0 bridgehead atoms. The molecule has 1 atom stereocenters. The Morgan fingerprint density at radius 1 is 1.00 bits per heavy atom. The predicted molar refractivity (Wildman–Crippen MR) is 120 cm³/mol.